The Morgan fingerprint density at radius 1 is 1.00 bits per heavy atom. The molecule has 0 amide bonds. The molecular formula is C15H25NiO3P. The molecule has 0 saturated carbocycles. The van der Waals surface area contributed by atoms with Crippen molar-refractivity contribution in [3.8, 4) is 0 Å². The van der Waals surface area contributed by atoms with E-state index in [4.69, 9.17) is 14.4 Å². The molecule has 1 rings (SSSR count). The molecule has 0 unspecified atom stereocenters. The molecule has 0 heterocycles. The standard InChI is InChI=1S/C15H23.Ni.HO3P/c1-2-3-4-5-6-7-9-12-15-13-10-8-11-14-15;;1-4(2)3/h10-11,13-14H,2-7,9,12H2,1H3;;(H-,1,2,3)/q-1;;/p+1. The van der Waals surface area contributed by atoms with Crippen LogP contribution >= 0.6 is 8.25 Å². The first kappa shape index (κ1) is 22.0. The fourth-order valence-electron chi connectivity index (χ4n) is 1.87. The molecule has 1 aromatic rings. The van der Waals surface area contributed by atoms with Crippen LogP contribution in [0.4, 0.5) is 0 Å². The van der Waals surface area contributed by atoms with Crippen LogP contribution in [0.5, 0.6) is 0 Å². The van der Waals surface area contributed by atoms with Gasteiger partial charge in [0.15, 0.2) is 0 Å². The Labute approximate surface area is 133 Å². The summed E-state index contributed by atoms with van der Waals surface area (Å²) in [6.45, 7) is 2.27. The van der Waals surface area contributed by atoms with E-state index in [9.17, 15) is 0 Å². The summed E-state index contributed by atoms with van der Waals surface area (Å²) in [6.07, 6.45) is 11.0. The third-order valence-corrected chi connectivity index (χ3v) is 2.86. The first-order chi connectivity index (χ1) is 9.16. The monoisotopic (exact) mass is 342 g/mol. The molecule has 1 aromatic carbocycles. The molecule has 0 aliphatic carbocycles. The Morgan fingerprint density at radius 2 is 1.45 bits per heavy atom. The second kappa shape index (κ2) is 16.8. The minimum Gasteiger partial charge on any atom is -0.184 e. The molecule has 0 bridgehead atoms. The fourth-order valence-corrected chi connectivity index (χ4v) is 1.87. The van der Waals surface area contributed by atoms with Gasteiger partial charge in [-0.1, -0.05) is 58.3 Å². The Morgan fingerprint density at radius 3 is 1.95 bits per heavy atom. The molecule has 3 nitrogen and oxygen atoms in total. The van der Waals surface area contributed by atoms with Gasteiger partial charge in [0.2, 0.25) is 0 Å². The Kier molecular flexibility index (Phi) is 18.5. The average molecular weight is 343 g/mol. The van der Waals surface area contributed by atoms with Crippen molar-refractivity contribution >= 4 is 8.25 Å². The van der Waals surface area contributed by atoms with E-state index in [0.29, 0.717) is 0 Å². The third-order valence-electron chi connectivity index (χ3n) is 2.86. The van der Waals surface area contributed by atoms with Gasteiger partial charge in [-0.3, -0.25) is 0 Å². The summed E-state index contributed by atoms with van der Waals surface area (Å²) in [4.78, 5) is 14.2. The van der Waals surface area contributed by atoms with Gasteiger partial charge >= 0.3 is 8.25 Å². The zero-order valence-electron chi connectivity index (χ0n) is 12.0. The fraction of sp³-hybridized carbons (Fsp3) is 0.600. The minimum absolute atomic E-state index is 0. The maximum atomic E-state index is 8.70. The van der Waals surface area contributed by atoms with Crippen molar-refractivity contribution < 1.29 is 30.8 Å². The number of hydrogen-bond acceptors (Lipinski definition) is 1. The molecular weight excluding hydrogens is 318 g/mol. The summed E-state index contributed by atoms with van der Waals surface area (Å²) < 4.78 is 8.70. The van der Waals surface area contributed by atoms with Crippen molar-refractivity contribution in [2.75, 3.05) is 0 Å². The third kappa shape index (κ3) is 17.7. The maximum Gasteiger partial charge on any atom is 0.692 e. The summed E-state index contributed by atoms with van der Waals surface area (Å²) in [7, 11) is -2.87. The molecule has 2 N–H and O–H groups in total. The second-order valence-corrected chi connectivity index (χ2v) is 5.04. The maximum absolute atomic E-state index is 8.70. The number of hydrogen-bond donors (Lipinski definition) is 2. The van der Waals surface area contributed by atoms with E-state index < -0.39 is 8.25 Å². The van der Waals surface area contributed by atoms with Crippen LogP contribution in [-0.2, 0) is 27.5 Å². The van der Waals surface area contributed by atoms with Crippen molar-refractivity contribution in [1.82, 2.24) is 0 Å². The number of benzene rings is 1. The second-order valence-electron chi connectivity index (χ2n) is 4.53. The van der Waals surface area contributed by atoms with Crippen LogP contribution in [0.2, 0.25) is 0 Å². The summed E-state index contributed by atoms with van der Waals surface area (Å²) in [6, 6.07) is 11.4. The number of aryl methyl sites for hydroxylation is 1. The van der Waals surface area contributed by atoms with Gasteiger partial charge in [-0.15, -0.1) is 9.79 Å². The van der Waals surface area contributed by atoms with Crippen LogP contribution in [-0.4, -0.2) is 9.79 Å². The largest absolute Gasteiger partial charge is 0.692 e. The Balaban J connectivity index is 0. The first-order valence-electron chi connectivity index (χ1n) is 6.96. The predicted molar refractivity (Wildman–Crippen MR) is 79.0 cm³/mol. The van der Waals surface area contributed by atoms with E-state index in [-0.39, 0.29) is 16.5 Å². The van der Waals surface area contributed by atoms with Crippen LogP contribution in [0.3, 0.4) is 0 Å². The van der Waals surface area contributed by atoms with Gasteiger partial charge in [0.25, 0.3) is 0 Å². The van der Waals surface area contributed by atoms with E-state index in [1.807, 2.05) is 12.1 Å². The van der Waals surface area contributed by atoms with Crippen LogP contribution in [0.1, 0.15) is 57.4 Å². The summed E-state index contributed by atoms with van der Waals surface area (Å²) in [5.74, 6) is 0. The van der Waals surface area contributed by atoms with Crippen LogP contribution in [0.25, 0.3) is 0 Å². The van der Waals surface area contributed by atoms with Crippen LogP contribution in [0.15, 0.2) is 24.3 Å². The zero-order chi connectivity index (χ0) is 14.3. The molecule has 0 aromatic heterocycles. The van der Waals surface area contributed by atoms with Gasteiger partial charge in [0.1, 0.15) is 0 Å². The Hall–Kier alpha value is -0.266. The Bertz CT molecular complexity index is 316. The van der Waals surface area contributed by atoms with Crippen molar-refractivity contribution in [1.29, 1.82) is 0 Å². The van der Waals surface area contributed by atoms with Crippen molar-refractivity contribution in [3.63, 3.8) is 0 Å². The van der Waals surface area contributed by atoms with Gasteiger partial charge in [-0.2, -0.15) is 35.9 Å². The van der Waals surface area contributed by atoms with E-state index in [1.165, 1.54) is 56.9 Å². The van der Waals surface area contributed by atoms with E-state index >= 15 is 0 Å². The quantitative estimate of drug-likeness (QED) is 0.318. The van der Waals surface area contributed by atoms with Crippen molar-refractivity contribution in [2.24, 2.45) is 0 Å². The van der Waals surface area contributed by atoms with E-state index in [2.05, 4.69) is 25.1 Å². The predicted octanol–water partition coefficient (Wildman–Crippen LogP) is 4.41. The molecule has 0 radical (unpaired) electrons. The van der Waals surface area contributed by atoms with E-state index in [1.54, 1.807) is 0 Å². The smallest absolute Gasteiger partial charge is 0.184 e. The van der Waals surface area contributed by atoms with Crippen molar-refractivity contribution in [3.05, 3.63) is 35.9 Å². The molecule has 0 aliphatic rings. The normalized spacial score (nSPS) is 9.15. The van der Waals surface area contributed by atoms with Gasteiger partial charge in [-0.25, -0.2) is 0 Å². The average Bonchev–Trinajstić information content (AvgIpc) is 2.38. The SMILES string of the molecule is CCCCCCCCCc1cc[c-]cc1.O=[P+](O)O.[Ni]. The molecule has 5 heteroatoms. The topological polar surface area (TPSA) is 57.5 Å². The molecule has 0 spiro atoms. The molecule has 0 saturated heterocycles. The molecule has 0 atom stereocenters. The van der Waals surface area contributed by atoms with Crippen molar-refractivity contribution in [2.45, 2.75) is 58.3 Å². The first-order valence-corrected chi connectivity index (χ1v) is 8.13. The minimum atomic E-state index is -2.87. The van der Waals surface area contributed by atoms with Crippen LogP contribution in [0, 0.1) is 6.07 Å². The summed E-state index contributed by atoms with van der Waals surface area (Å²) >= 11 is 0. The molecule has 0 fully saturated rings. The molecule has 0 aliphatic heterocycles. The van der Waals surface area contributed by atoms with Gasteiger partial charge in [0.05, 0.1) is 0 Å². The summed E-state index contributed by atoms with van der Waals surface area (Å²) in [5.41, 5.74) is 1.46. The number of unbranched alkanes of at least 4 members (excludes halogenated alkanes) is 6. The molecule has 118 valence electrons. The van der Waals surface area contributed by atoms with E-state index in [0.717, 1.165) is 0 Å². The zero-order valence-corrected chi connectivity index (χ0v) is 13.9. The van der Waals surface area contributed by atoms with Gasteiger partial charge in [0, 0.05) is 21.1 Å². The van der Waals surface area contributed by atoms with Crippen LogP contribution < -0.4 is 0 Å². The summed E-state index contributed by atoms with van der Waals surface area (Å²) in [5, 5.41) is 0. The van der Waals surface area contributed by atoms with Gasteiger partial charge in [-0.05, 0) is 0 Å². The molecule has 20 heavy (non-hydrogen) atoms. The number of rotatable bonds is 8. The van der Waals surface area contributed by atoms with Gasteiger partial charge < -0.3 is 0 Å².